The lowest BCUT2D eigenvalue weighted by molar-refractivity contribution is -0.144. The molecule has 0 amide bonds. The van der Waals surface area contributed by atoms with Crippen LogP contribution in [0.15, 0.2) is 24.0 Å². The number of hydrogen-bond donors (Lipinski definition) is 2. The molecular formula is C8H8ClNO4. The Balaban J connectivity index is 2.25. The number of aliphatic hydroxyl groups is 2. The van der Waals surface area contributed by atoms with E-state index in [4.69, 9.17) is 26.7 Å². The van der Waals surface area contributed by atoms with E-state index >= 15 is 0 Å². The fraction of sp³-hybridized carbons (Fsp3) is 0.375. The summed E-state index contributed by atoms with van der Waals surface area (Å²) in [5.74, 6) is 0.139. The summed E-state index contributed by atoms with van der Waals surface area (Å²) in [5.41, 5.74) is 0. The van der Waals surface area contributed by atoms with Gasteiger partial charge in [0, 0.05) is 6.08 Å². The Bertz CT molecular complexity index is 325. The second-order valence-electron chi connectivity index (χ2n) is 3.02. The van der Waals surface area contributed by atoms with E-state index in [1.54, 1.807) is 6.08 Å². The quantitative estimate of drug-likeness (QED) is 0.458. The van der Waals surface area contributed by atoms with Crippen molar-refractivity contribution in [2.45, 2.75) is 18.6 Å². The molecule has 2 aliphatic rings. The fourth-order valence-electron chi connectivity index (χ4n) is 1.40. The molecule has 6 heteroatoms. The van der Waals surface area contributed by atoms with Crippen molar-refractivity contribution in [3.05, 3.63) is 24.0 Å². The Morgan fingerprint density at radius 1 is 1.57 bits per heavy atom. The zero-order valence-corrected chi connectivity index (χ0v) is 7.76. The van der Waals surface area contributed by atoms with Crippen molar-refractivity contribution in [2.24, 2.45) is 0 Å². The Labute approximate surface area is 84.9 Å². The van der Waals surface area contributed by atoms with Gasteiger partial charge in [-0.25, -0.2) is 0 Å². The number of fused-ring (bicyclic) bond motifs is 1. The number of ketones is 1. The van der Waals surface area contributed by atoms with Gasteiger partial charge in [-0.1, -0.05) is 6.08 Å². The summed E-state index contributed by atoms with van der Waals surface area (Å²) in [5, 5.41) is 17.8. The summed E-state index contributed by atoms with van der Waals surface area (Å²) >= 11 is 5.78. The number of allylic oxidation sites excluding steroid dienone is 2. The van der Waals surface area contributed by atoms with E-state index in [1.165, 1.54) is 12.2 Å². The summed E-state index contributed by atoms with van der Waals surface area (Å²) in [6, 6.07) is -0.402. The average Bonchev–Trinajstić information content (AvgIpc) is 2.43. The number of rotatable bonds is 1. The Morgan fingerprint density at radius 2 is 2.29 bits per heavy atom. The molecule has 0 radical (unpaired) electrons. The van der Waals surface area contributed by atoms with Gasteiger partial charge in [-0.3, -0.25) is 4.79 Å². The van der Waals surface area contributed by atoms with E-state index in [0.29, 0.717) is 5.76 Å². The number of nitrogens with zero attached hydrogens (tertiary/aromatic N) is 1. The first-order valence-corrected chi connectivity index (χ1v) is 4.34. The molecule has 1 saturated heterocycles. The number of hydrogen-bond acceptors (Lipinski definition) is 5. The zero-order chi connectivity index (χ0) is 10.3. The molecular weight excluding hydrogens is 210 g/mol. The van der Waals surface area contributed by atoms with Crippen LogP contribution >= 0.6 is 11.8 Å². The van der Waals surface area contributed by atoms with E-state index in [9.17, 15) is 4.79 Å². The molecule has 1 aliphatic carbocycles. The minimum absolute atomic E-state index is 0.200. The molecule has 0 aromatic heterocycles. The highest BCUT2D eigenvalue weighted by Crippen LogP contribution is 2.32. The lowest BCUT2D eigenvalue weighted by Crippen LogP contribution is -2.36. The van der Waals surface area contributed by atoms with Gasteiger partial charge in [0.25, 0.3) is 0 Å². The van der Waals surface area contributed by atoms with Crippen LogP contribution in [0, 0.1) is 0 Å². The highest BCUT2D eigenvalue weighted by molar-refractivity contribution is 6.14. The van der Waals surface area contributed by atoms with Crippen molar-refractivity contribution in [1.82, 2.24) is 4.42 Å². The molecule has 5 nitrogen and oxygen atoms in total. The number of carbonyl (C=O) groups is 1. The smallest absolute Gasteiger partial charge is 0.216 e. The van der Waals surface area contributed by atoms with Crippen LogP contribution < -0.4 is 0 Å². The summed E-state index contributed by atoms with van der Waals surface area (Å²) in [6.45, 7) is 0. The Kier molecular flexibility index (Phi) is 2.32. The first kappa shape index (κ1) is 9.67. The van der Waals surface area contributed by atoms with Crippen LogP contribution in [0.1, 0.15) is 0 Å². The van der Waals surface area contributed by atoms with E-state index < -0.39 is 18.6 Å². The molecule has 0 spiro atoms. The first-order valence-electron chi connectivity index (χ1n) is 4.00. The van der Waals surface area contributed by atoms with Crippen LogP contribution in [-0.2, 0) is 9.53 Å². The van der Waals surface area contributed by atoms with Crippen LogP contribution in [0.25, 0.3) is 0 Å². The Hall–Kier alpha value is -0.880. The summed E-state index contributed by atoms with van der Waals surface area (Å²) < 4.78 is 6.22. The highest BCUT2D eigenvalue weighted by atomic mass is 35.5. The molecule has 0 saturated carbocycles. The maximum Gasteiger partial charge on any atom is 0.216 e. The van der Waals surface area contributed by atoms with E-state index in [2.05, 4.69) is 0 Å². The maximum atomic E-state index is 11.0. The van der Waals surface area contributed by atoms with Crippen LogP contribution in [0.5, 0.6) is 0 Å². The largest absolute Gasteiger partial charge is 0.471 e. The molecule has 76 valence electrons. The topological polar surface area (TPSA) is 70.0 Å². The van der Waals surface area contributed by atoms with Crippen molar-refractivity contribution >= 4 is 17.6 Å². The molecule has 2 rings (SSSR count). The first-order chi connectivity index (χ1) is 6.59. The second-order valence-corrected chi connectivity index (χ2v) is 3.41. The molecule has 1 fully saturated rings. The average molecular weight is 218 g/mol. The van der Waals surface area contributed by atoms with Gasteiger partial charge in [-0.05, 0) is 17.9 Å². The van der Waals surface area contributed by atoms with Gasteiger partial charge in [0.1, 0.15) is 11.8 Å². The fourth-order valence-corrected chi connectivity index (χ4v) is 1.70. The van der Waals surface area contributed by atoms with Crippen molar-refractivity contribution in [3.63, 3.8) is 0 Å². The van der Waals surface area contributed by atoms with Gasteiger partial charge in [0.15, 0.2) is 5.78 Å². The third-order valence-electron chi connectivity index (χ3n) is 2.04. The minimum Gasteiger partial charge on any atom is -0.471 e. The van der Waals surface area contributed by atoms with Crippen LogP contribution in [-0.4, -0.2) is 39.0 Å². The molecule has 2 N–H and O–H groups in total. The number of carbonyl (C=O) groups excluding carboxylic acids is 1. The molecule has 2 unspecified atom stereocenters. The van der Waals surface area contributed by atoms with Crippen molar-refractivity contribution < 1.29 is 19.7 Å². The second kappa shape index (κ2) is 3.36. The normalized spacial score (nSPS) is 31.7. The SMILES string of the molecule is O=C1C=CC2C(=C1)OC(C(O)O)N2Cl. The monoisotopic (exact) mass is 217 g/mol. The highest BCUT2D eigenvalue weighted by Gasteiger charge is 2.41. The van der Waals surface area contributed by atoms with Crippen LogP contribution in [0.3, 0.4) is 0 Å². The molecule has 2 atom stereocenters. The van der Waals surface area contributed by atoms with Crippen LogP contribution in [0.2, 0.25) is 0 Å². The van der Waals surface area contributed by atoms with Gasteiger partial charge in [-0.15, -0.1) is 0 Å². The molecule has 1 heterocycles. The predicted octanol–water partition coefficient (Wildman–Crippen LogP) is -0.499. The van der Waals surface area contributed by atoms with E-state index in [1.807, 2.05) is 0 Å². The zero-order valence-electron chi connectivity index (χ0n) is 7.00. The van der Waals surface area contributed by atoms with Gasteiger partial charge >= 0.3 is 0 Å². The molecule has 0 aromatic rings. The van der Waals surface area contributed by atoms with E-state index in [0.717, 1.165) is 4.42 Å². The summed E-state index contributed by atoms with van der Waals surface area (Å²) in [6.07, 6.45) is 1.44. The maximum absolute atomic E-state index is 11.0. The van der Waals surface area contributed by atoms with Gasteiger partial charge in [0.2, 0.25) is 12.5 Å². The van der Waals surface area contributed by atoms with Gasteiger partial charge < -0.3 is 14.9 Å². The molecule has 14 heavy (non-hydrogen) atoms. The number of halogens is 1. The predicted molar refractivity (Wildman–Crippen MR) is 46.8 cm³/mol. The summed E-state index contributed by atoms with van der Waals surface area (Å²) in [7, 11) is 0. The molecule has 0 aromatic carbocycles. The van der Waals surface area contributed by atoms with Crippen molar-refractivity contribution in [3.8, 4) is 0 Å². The lowest BCUT2D eigenvalue weighted by Gasteiger charge is -2.18. The van der Waals surface area contributed by atoms with Gasteiger partial charge in [-0.2, -0.15) is 4.42 Å². The number of aliphatic hydroxyl groups excluding tert-OH is 1. The Morgan fingerprint density at radius 3 is 2.93 bits per heavy atom. The third-order valence-corrected chi connectivity index (χ3v) is 2.44. The number of ether oxygens (including phenoxy) is 1. The molecule has 0 bridgehead atoms. The van der Waals surface area contributed by atoms with Crippen molar-refractivity contribution in [2.75, 3.05) is 0 Å². The standard InChI is InChI=1S/C8H8ClNO4/c9-10-5-2-1-4(11)3-6(5)14-7(10)8(12)13/h1-3,5,7-8,12-13H. The molecule has 1 aliphatic heterocycles. The summed E-state index contributed by atoms with van der Waals surface area (Å²) in [4.78, 5) is 11.0. The van der Waals surface area contributed by atoms with E-state index in [-0.39, 0.29) is 5.78 Å². The minimum atomic E-state index is -1.71. The van der Waals surface area contributed by atoms with Crippen LogP contribution in [0.4, 0.5) is 0 Å². The lowest BCUT2D eigenvalue weighted by atomic mass is 10.1. The third kappa shape index (κ3) is 1.44. The van der Waals surface area contributed by atoms with Gasteiger partial charge in [0.05, 0.1) is 0 Å². The van der Waals surface area contributed by atoms with Crippen molar-refractivity contribution in [1.29, 1.82) is 0 Å².